The standard InChI is InChI=1S/C19H21NO6S/c1-25-16(13-5-3-2-4-6-13)19(22)26-11-20-18(21)15-12-7-9-14(10-8-12)17(15)27(20,23)24/h2-6,12,14,16H,7-11H2,1H3. The van der Waals surface area contributed by atoms with Gasteiger partial charge in [-0.3, -0.25) is 4.79 Å². The number of esters is 1. The number of allylic oxidation sites excluding steroid dienone is 1. The summed E-state index contributed by atoms with van der Waals surface area (Å²) in [5.41, 5.74) is 1.01. The summed E-state index contributed by atoms with van der Waals surface area (Å²) in [4.78, 5) is 25.4. The number of carbonyl (C=O) groups excluding carboxylic acids is 2. The first-order valence-electron chi connectivity index (χ1n) is 9.00. The van der Waals surface area contributed by atoms with Gasteiger partial charge in [0.25, 0.3) is 15.9 Å². The zero-order chi connectivity index (χ0) is 19.2. The highest BCUT2D eigenvalue weighted by Gasteiger charge is 2.53. The molecule has 1 fully saturated rings. The molecule has 1 aromatic carbocycles. The second-order valence-corrected chi connectivity index (χ2v) is 8.93. The molecule has 1 saturated carbocycles. The molecule has 1 aliphatic heterocycles. The minimum absolute atomic E-state index is 0.00372. The third-order valence-corrected chi connectivity index (χ3v) is 7.63. The van der Waals surface area contributed by atoms with Crippen LogP contribution in [0.2, 0.25) is 0 Å². The maximum absolute atomic E-state index is 12.9. The molecule has 1 unspecified atom stereocenters. The highest BCUT2D eigenvalue weighted by molar-refractivity contribution is 7.94. The van der Waals surface area contributed by atoms with Crippen LogP contribution in [0.5, 0.6) is 0 Å². The molecular formula is C19H21NO6S. The third kappa shape index (κ3) is 2.87. The first kappa shape index (κ1) is 18.2. The van der Waals surface area contributed by atoms with Gasteiger partial charge in [-0.15, -0.1) is 0 Å². The molecule has 7 nitrogen and oxygen atoms in total. The number of nitrogens with zero attached hydrogens (tertiary/aromatic N) is 1. The Morgan fingerprint density at radius 2 is 1.78 bits per heavy atom. The lowest BCUT2D eigenvalue weighted by Gasteiger charge is -2.34. The largest absolute Gasteiger partial charge is 0.441 e. The Labute approximate surface area is 158 Å². The average Bonchev–Trinajstić information content (AvgIpc) is 2.90. The molecule has 8 heteroatoms. The van der Waals surface area contributed by atoms with Crippen molar-refractivity contribution in [3.05, 3.63) is 46.4 Å². The lowest BCUT2D eigenvalue weighted by atomic mass is 9.71. The van der Waals surface area contributed by atoms with E-state index in [9.17, 15) is 18.0 Å². The summed E-state index contributed by atoms with van der Waals surface area (Å²) >= 11 is 0. The van der Waals surface area contributed by atoms with Gasteiger partial charge in [0.2, 0.25) is 0 Å². The van der Waals surface area contributed by atoms with Gasteiger partial charge in [0.15, 0.2) is 12.8 Å². The van der Waals surface area contributed by atoms with Crippen molar-refractivity contribution in [2.75, 3.05) is 13.8 Å². The topological polar surface area (TPSA) is 90.0 Å². The molecule has 1 amide bonds. The molecule has 1 atom stereocenters. The van der Waals surface area contributed by atoms with Crippen molar-refractivity contribution in [3.63, 3.8) is 0 Å². The summed E-state index contributed by atoms with van der Waals surface area (Å²) in [5, 5.41) is 0. The second kappa shape index (κ2) is 6.76. The van der Waals surface area contributed by atoms with Crippen LogP contribution in [0.3, 0.4) is 0 Å². The van der Waals surface area contributed by atoms with Gasteiger partial charge in [-0.05, 0) is 43.1 Å². The highest BCUT2D eigenvalue weighted by atomic mass is 32.2. The molecule has 1 heterocycles. The Kier molecular flexibility index (Phi) is 4.55. The second-order valence-electron chi connectivity index (χ2n) is 7.10. The number of hydrogen-bond acceptors (Lipinski definition) is 6. The van der Waals surface area contributed by atoms with Gasteiger partial charge in [-0.25, -0.2) is 13.2 Å². The van der Waals surface area contributed by atoms with E-state index in [-0.39, 0.29) is 16.7 Å². The fourth-order valence-electron chi connectivity index (χ4n) is 4.38. The summed E-state index contributed by atoms with van der Waals surface area (Å²) in [6.07, 6.45) is 2.30. The molecule has 0 N–H and O–H groups in total. The van der Waals surface area contributed by atoms with Crippen LogP contribution in [-0.4, -0.2) is 38.4 Å². The first-order valence-corrected chi connectivity index (χ1v) is 10.4. The minimum atomic E-state index is -3.92. The summed E-state index contributed by atoms with van der Waals surface area (Å²) in [7, 11) is -2.55. The van der Waals surface area contributed by atoms with E-state index in [1.165, 1.54) is 7.11 Å². The predicted octanol–water partition coefficient (Wildman–Crippen LogP) is 2.12. The van der Waals surface area contributed by atoms with Crippen LogP contribution in [0.15, 0.2) is 40.8 Å². The number of carbonyl (C=O) groups is 2. The van der Waals surface area contributed by atoms with E-state index in [0.717, 1.165) is 25.7 Å². The maximum atomic E-state index is 12.9. The zero-order valence-corrected chi connectivity index (χ0v) is 15.8. The van der Waals surface area contributed by atoms with Gasteiger partial charge in [-0.2, -0.15) is 4.31 Å². The number of fused-ring (bicyclic) bond motifs is 2. The normalized spacial score (nSPS) is 26.9. The van der Waals surface area contributed by atoms with E-state index in [4.69, 9.17) is 9.47 Å². The Hall–Kier alpha value is -2.19. The fraction of sp³-hybridized carbons (Fsp3) is 0.474. The van der Waals surface area contributed by atoms with Gasteiger partial charge >= 0.3 is 5.97 Å². The average molecular weight is 391 g/mol. The Morgan fingerprint density at radius 1 is 1.15 bits per heavy atom. The van der Waals surface area contributed by atoms with Gasteiger partial charge in [0, 0.05) is 12.7 Å². The molecular weight excluding hydrogens is 370 g/mol. The van der Waals surface area contributed by atoms with Crippen LogP contribution in [0.4, 0.5) is 0 Å². The molecule has 0 aromatic heterocycles. The third-order valence-electron chi connectivity index (χ3n) is 5.67. The van der Waals surface area contributed by atoms with E-state index in [1.807, 2.05) is 6.07 Å². The van der Waals surface area contributed by atoms with Crippen molar-refractivity contribution in [1.29, 1.82) is 0 Å². The molecule has 27 heavy (non-hydrogen) atoms. The molecule has 4 aliphatic rings. The molecule has 0 spiro atoms. The van der Waals surface area contributed by atoms with Gasteiger partial charge in [-0.1, -0.05) is 30.3 Å². The summed E-state index contributed by atoms with van der Waals surface area (Å²) in [6.45, 7) is -0.626. The van der Waals surface area contributed by atoms with Crippen molar-refractivity contribution in [2.45, 2.75) is 31.8 Å². The van der Waals surface area contributed by atoms with Crippen molar-refractivity contribution in [1.82, 2.24) is 4.31 Å². The Bertz CT molecular complexity index is 899. The molecule has 0 radical (unpaired) electrons. The van der Waals surface area contributed by atoms with Crippen LogP contribution >= 0.6 is 0 Å². The van der Waals surface area contributed by atoms with Gasteiger partial charge in [0.05, 0.1) is 4.91 Å². The summed E-state index contributed by atoms with van der Waals surface area (Å²) < 4.78 is 36.8. The predicted molar refractivity (Wildman–Crippen MR) is 95.4 cm³/mol. The van der Waals surface area contributed by atoms with Crippen molar-refractivity contribution in [3.8, 4) is 0 Å². The van der Waals surface area contributed by atoms with Crippen LogP contribution in [-0.2, 0) is 29.1 Å². The summed E-state index contributed by atoms with van der Waals surface area (Å²) in [6, 6.07) is 8.76. The number of hydrogen-bond donors (Lipinski definition) is 0. The van der Waals surface area contributed by atoms with E-state index >= 15 is 0 Å². The highest BCUT2D eigenvalue weighted by Crippen LogP contribution is 2.51. The van der Waals surface area contributed by atoms with Crippen molar-refractivity contribution in [2.24, 2.45) is 11.8 Å². The number of methoxy groups -OCH3 is 1. The molecule has 0 saturated heterocycles. The SMILES string of the molecule is COC(C(=O)OCN1C(=O)C2=C(C3CCC2CC3)S1(=O)=O)c1ccccc1. The summed E-state index contributed by atoms with van der Waals surface area (Å²) in [5.74, 6) is -1.36. The number of sulfonamides is 1. The van der Waals surface area contributed by atoms with E-state index < -0.39 is 34.7 Å². The number of benzene rings is 1. The van der Waals surface area contributed by atoms with E-state index in [2.05, 4.69) is 0 Å². The minimum Gasteiger partial charge on any atom is -0.441 e. The number of ether oxygens (including phenoxy) is 2. The maximum Gasteiger partial charge on any atom is 0.341 e. The molecule has 2 bridgehead atoms. The van der Waals surface area contributed by atoms with Crippen LogP contribution in [0, 0.1) is 11.8 Å². The molecule has 144 valence electrons. The number of amides is 1. The van der Waals surface area contributed by atoms with Gasteiger partial charge in [0.1, 0.15) is 0 Å². The quantitative estimate of drug-likeness (QED) is 0.714. The van der Waals surface area contributed by atoms with E-state index in [0.29, 0.717) is 15.4 Å². The fourth-order valence-corrected chi connectivity index (χ4v) is 6.31. The molecule has 5 rings (SSSR count). The van der Waals surface area contributed by atoms with Crippen LogP contribution < -0.4 is 0 Å². The van der Waals surface area contributed by atoms with Crippen LogP contribution in [0.1, 0.15) is 37.4 Å². The van der Waals surface area contributed by atoms with Crippen LogP contribution in [0.25, 0.3) is 0 Å². The monoisotopic (exact) mass is 391 g/mol. The Morgan fingerprint density at radius 3 is 2.37 bits per heavy atom. The van der Waals surface area contributed by atoms with Crippen molar-refractivity contribution < 1.29 is 27.5 Å². The van der Waals surface area contributed by atoms with Gasteiger partial charge < -0.3 is 9.47 Å². The lowest BCUT2D eigenvalue weighted by molar-refractivity contribution is -0.159. The molecule has 1 aromatic rings. The van der Waals surface area contributed by atoms with Crippen molar-refractivity contribution >= 4 is 21.9 Å². The smallest absolute Gasteiger partial charge is 0.341 e. The van der Waals surface area contributed by atoms with E-state index in [1.54, 1.807) is 24.3 Å². The first-order chi connectivity index (χ1) is 12.9. The zero-order valence-electron chi connectivity index (χ0n) is 15.0. The number of rotatable bonds is 5. The molecule has 3 aliphatic carbocycles. The lowest BCUT2D eigenvalue weighted by Crippen LogP contribution is -2.36. The Balaban J connectivity index is 1.51.